The molecule has 0 spiro atoms. The number of piperidine rings is 2. The van der Waals surface area contributed by atoms with Gasteiger partial charge in [0.2, 0.25) is 17.7 Å². The number of fused-ring (bicyclic) bond motifs is 1. The van der Waals surface area contributed by atoms with E-state index in [1.807, 2.05) is 29.2 Å². The number of nitrogens with zero attached hydrogens (tertiary/aromatic N) is 7. The minimum Gasteiger partial charge on any atom is -0.369 e. The number of hydrogen-bond acceptors (Lipinski definition) is 10. The molecule has 5 amide bonds. The third kappa shape index (κ3) is 10.3. The first kappa shape index (κ1) is 40.3. The van der Waals surface area contributed by atoms with Crippen LogP contribution in [-0.4, -0.2) is 118 Å². The van der Waals surface area contributed by atoms with Crippen LogP contribution in [0.2, 0.25) is 0 Å². The number of benzene rings is 2. The SMILES string of the molecule is O=C(/C=C/c1cnnnc1)NCCCCC1CCN(C(=O)c2ccc(N3CCN(CCCC#Cc4cccc5c4CN(C4CCC(=O)NC4=O)C5=O)CC3)cc2)CC1. The highest BCUT2D eigenvalue weighted by molar-refractivity contribution is 6.05. The summed E-state index contributed by atoms with van der Waals surface area (Å²) in [5.74, 6) is 6.26. The Morgan fingerprint density at radius 1 is 0.897 bits per heavy atom. The number of nitrogens with one attached hydrogen (secondary N) is 2. The van der Waals surface area contributed by atoms with E-state index in [2.05, 4.69) is 59.8 Å². The van der Waals surface area contributed by atoms with E-state index in [9.17, 15) is 24.0 Å². The maximum atomic E-state index is 13.3. The van der Waals surface area contributed by atoms with Gasteiger partial charge in [0, 0.05) is 99.2 Å². The van der Waals surface area contributed by atoms with Crippen LogP contribution in [0.25, 0.3) is 6.08 Å². The van der Waals surface area contributed by atoms with Crippen molar-refractivity contribution in [3.8, 4) is 11.8 Å². The van der Waals surface area contributed by atoms with Crippen LogP contribution in [0.5, 0.6) is 0 Å². The average Bonchev–Trinajstić information content (AvgIpc) is 3.59. The fraction of sp³-hybridized carbons (Fsp3) is 0.455. The number of piperazine rings is 1. The molecule has 3 fully saturated rings. The largest absolute Gasteiger partial charge is 0.369 e. The van der Waals surface area contributed by atoms with Gasteiger partial charge in [0.1, 0.15) is 6.04 Å². The normalized spacial score (nSPS) is 18.9. The summed E-state index contributed by atoms with van der Waals surface area (Å²) in [4.78, 5) is 70.9. The molecule has 1 atom stereocenters. The third-order valence-corrected chi connectivity index (χ3v) is 11.6. The summed E-state index contributed by atoms with van der Waals surface area (Å²) in [5.41, 5.74) is 4.86. The molecule has 302 valence electrons. The second kappa shape index (κ2) is 19.5. The van der Waals surface area contributed by atoms with Crippen LogP contribution >= 0.6 is 0 Å². The van der Waals surface area contributed by atoms with Crippen molar-refractivity contribution >= 4 is 41.3 Å². The van der Waals surface area contributed by atoms with Crippen LogP contribution in [0.3, 0.4) is 0 Å². The second-order valence-corrected chi connectivity index (χ2v) is 15.4. The molecule has 0 aliphatic carbocycles. The quantitative estimate of drug-likeness (QED) is 0.114. The van der Waals surface area contributed by atoms with E-state index in [1.54, 1.807) is 29.4 Å². The van der Waals surface area contributed by atoms with E-state index in [0.29, 0.717) is 31.0 Å². The highest BCUT2D eigenvalue weighted by atomic mass is 16.2. The van der Waals surface area contributed by atoms with Gasteiger partial charge in [-0.2, -0.15) is 0 Å². The second-order valence-electron chi connectivity index (χ2n) is 15.4. The number of amides is 5. The van der Waals surface area contributed by atoms with Crippen LogP contribution in [-0.2, 0) is 20.9 Å². The number of carbonyl (C=O) groups is 5. The first-order valence-corrected chi connectivity index (χ1v) is 20.5. The highest BCUT2D eigenvalue weighted by Gasteiger charge is 2.39. The lowest BCUT2D eigenvalue weighted by Crippen LogP contribution is -2.52. The molecule has 3 saturated heterocycles. The van der Waals surface area contributed by atoms with Crippen molar-refractivity contribution in [2.75, 3.05) is 57.3 Å². The Hall–Kier alpha value is -5.94. The summed E-state index contributed by atoms with van der Waals surface area (Å²) in [6.45, 7) is 7.24. The fourth-order valence-corrected chi connectivity index (χ4v) is 8.24. The van der Waals surface area contributed by atoms with E-state index in [-0.39, 0.29) is 30.0 Å². The zero-order chi connectivity index (χ0) is 40.3. The van der Waals surface area contributed by atoms with Gasteiger partial charge in [-0.15, -0.1) is 10.2 Å². The van der Waals surface area contributed by atoms with Crippen molar-refractivity contribution in [2.24, 2.45) is 5.92 Å². The number of anilines is 1. The number of aromatic nitrogens is 3. The summed E-state index contributed by atoms with van der Waals surface area (Å²) in [6.07, 6.45) is 13.6. The molecule has 1 aromatic heterocycles. The molecule has 0 bridgehead atoms. The molecular formula is C44H51N9O5. The molecule has 14 nitrogen and oxygen atoms in total. The Morgan fingerprint density at radius 3 is 2.43 bits per heavy atom. The summed E-state index contributed by atoms with van der Waals surface area (Å²) in [5, 5.41) is 16.1. The van der Waals surface area contributed by atoms with Crippen molar-refractivity contribution < 1.29 is 24.0 Å². The molecule has 4 aliphatic rings. The van der Waals surface area contributed by atoms with Gasteiger partial charge in [0.15, 0.2) is 0 Å². The molecule has 3 aromatic rings. The average molecular weight is 786 g/mol. The molecule has 2 N–H and O–H groups in total. The topological polar surface area (TPSA) is 161 Å². The summed E-state index contributed by atoms with van der Waals surface area (Å²) in [6, 6.07) is 13.0. The van der Waals surface area contributed by atoms with E-state index in [1.165, 1.54) is 6.08 Å². The first-order valence-electron chi connectivity index (χ1n) is 20.5. The fourth-order valence-electron chi connectivity index (χ4n) is 8.24. The van der Waals surface area contributed by atoms with Crippen LogP contribution in [0.1, 0.15) is 95.2 Å². The molecule has 5 heterocycles. The zero-order valence-corrected chi connectivity index (χ0v) is 32.9. The number of imide groups is 1. The van der Waals surface area contributed by atoms with Crippen LogP contribution in [0, 0.1) is 17.8 Å². The number of carbonyl (C=O) groups excluding carboxylic acids is 5. The standard InChI is InChI=1S/C44H51N9O5/c54-40(17-11-33-29-46-49-47-30-33)45-21-4-3-7-32-19-23-52(24-20-32)43(57)35-12-14-36(15-13-35)51-27-25-50(26-28-51)22-5-1-2-8-34-9-6-10-37-38(34)31-53(44(37)58)39-16-18-41(55)48-42(39)56/h6,9-15,17,29-30,32,39H,1,3-5,7,16,18-28,31H2,(H,45,54)(H,48,55,56)/b17-11+. The molecule has 7 rings (SSSR count). The number of unbranched alkanes of at least 4 members (excludes halogenated alkanes) is 2. The van der Waals surface area contributed by atoms with Gasteiger partial charge in [-0.1, -0.05) is 30.7 Å². The molecule has 58 heavy (non-hydrogen) atoms. The van der Waals surface area contributed by atoms with E-state index in [4.69, 9.17) is 0 Å². The van der Waals surface area contributed by atoms with Gasteiger partial charge in [0.05, 0.1) is 12.4 Å². The van der Waals surface area contributed by atoms with Gasteiger partial charge in [-0.05, 0) is 97.8 Å². The Kier molecular flexibility index (Phi) is 13.5. The van der Waals surface area contributed by atoms with Crippen molar-refractivity contribution in [1.82, 2.24) is 40.7 Å². The van der Waals surface area contributed by atoms with E-state index >= 15 is 0 Å². The summed E-state index contributed by atoms with van der Waals surface area (Å²) in [7, 11) is 0. The zero-order valence-electron chi connectivity index (χ0n) is 32.9. The summed E-state index contributed by atoms with van der Waals surface area (Å²) >= 11 is 0. The van der Waals surface area contributed by atoms with Crippen molar-refractivity contribution in [3.63, 3.8) is 0 Å². The predicted molar refractivity (Wildman–Crippen MR) is 218 cm³/mol. The Bertz CT molecular complexity index is 2050. The van der Waals surface area contributed by atoms with Crippen molar-refractivity contribution in [1.29, 1.82) is 0 Å². The number of rotatable bonds is 13. The Morgan fingerprint density at radius 2 is 1.67 bits per heavy atom. The van der Waals surface area contributed by atoms with Crippen molar-refractivity contribution in [3.05, 3.63) is 88.8 Å². The van der Waals surface area contributed by atoms with Gasteiger partial charge in [0.25, 0.3) is 11.8 Å². The smallest absolute Gasteiger partial charge is 0.255 e. The van der Waals surface area contributed by atoms with Crippen LogP contribution in [0.15, 0.2) is 60.9 Å². The molecule has 14 heteroatoms. The van der Waals surface area contributed by atoms with Gasteiger partial charge < -0.3 is 20.0 Å². The van der Waals surface area contributed by atoms with E-state index in [0.717, 1.165) is 119 Å². The molecular weight excluding hydrogens is 735 g/mol. The minimum absolute atomic E-state index is 0.103. The minimum atomic E-state index is -0.635. The summed E-state index contributed by atoms with van der Waals surface area (Å²) < 4.78 is 0. The van der Waals surface area contributed by atoms with Crippen molar-refractivity contribution in [2.45, 2.75) is 70.4 Å². The molecule has 0 saturated carbocycles. The monoisotopic (exact) mass is 785 g/mol. The van der Waals surface area contributed by atoms with Crippen LogP contribution in [0.4, 0.5) is 5.69 Å². The van der Waals surface area contributed by atoms with Gasteiger partial charge >= 0.3 is 0 Å². The first-order chi connectivity index (χ1) is 28.3. The van der Waals surface area contributed by atoms with Gasteiger partial charge in [-0.3, -0.25) is 34.2 Å². The third-order valence-electron chi connectivity index (χ3n) is 11.6. The lowest BCUT2D eigenvalue weighted by atomic mass is 9.91. The van der Waals surface area contributed by atoms with Gasteiger partial charge in [-0.25, -0.2) is 0 Å². The molecule has 1 unspecified atom stereocenters. The number of likely N-dealkylation sites (tertiary alicyclic amines) is 1. The lowest BCUT2D eigenvalue weighted by Gasteiger charge is -2.36. The van der Waals surface area contributed by atoms with Crippen LogP contribution < -0.4 is 15.5 Å². The highest BCUT2D eigenvalue weighted by Crippen LogP contribution is 2.30. The maximum absolute atomic E-state index is 13.3. The predicted octanol–water partition coefficient (Wildman–Crippen LogP) is 3.44. The Balaban J connectivity index is 0.768. The Labute approximate surface area is 339 Å². The maximum Gasteiger partial charge on any atom is 0.255 e. The molecule has 0 radical (unpaired) electrons. The molecule has 4 aliphatic heterocycles. The number of hydrogen-bond donors (Lipinski definition) is 2. The molecule has 2 aromatic carbocycles. The lowest BCUT2D eigenvalue weighted by molar-refractivity contribution is -0.137. The van der Waals surface area contributed by atoms with E-state index < -0.39 is 11.9 Å².